The molecule has 1 aliphatic heterocycles. The van der Waals surface area contributed by atoms with Crippen LogP contribution in [0.3, 0.4) is 0 Å². The number of nitriles is 1. The van der Waals surface area contributed by atoms with E-state index in [2.05, 4.69) is 9.62 Å². The Bertz CT molecular complexity index is 902. The molecule has 0 amide bonds. The minimum atomic E-state index is -3.52. The summed E-state index contributed by atoms with van der Waals surface area (Å²) in [6.07, 6.45) is 1.32. The van der Waals surface area contributed by atoms with E-state index in [9.17, 15) is 12.8 Å². The van der Waals surface area contributed by atoms with Crippen molar-refractivity contribution in [2.45, 2.75) is 30.3 Å². The predicted octanol–water partition coefficient (Wildman–Crippen LogP) is 2.64. The van der Waals surface area contributed by atoms with Crippen LogP contribution in [-0.4, -0.2) is 32.4 Å². The van der Waals surface area contributed by atoms with Crippen molar-refractivity contribution in [3.63, 3.8) is 0 Å². The van der Waals surface area contributed by atoms with E-state index in [1.807, 2.05) is 6.07 Å². The molecule has 7 heteroatoms. The number of halogens is 1. The molecule has 0 saturated carbocycles. The van der Waals surface area contributed by atoms with E-state index in [-0.39, 0.29) is 16.8 Å². The Hall–Kier alpha value is -2.27. The van der Waals surface area contributed by atoms with Gasteiger partial charge in [0, 0.05) is 31.2 Å². The second-order valence-corrected chi connectivity index (χ2v) is 8.12. The van der Waals surface area contributed by atoms with Crippen LogP contribution in [0.25, 0.3) is 0 Å². The quantitative estimate of drug-likeness (QED) is 0.874. The van der Waals surface area contributed by atoms with Crippen molar-refractivity contribution in [3.8, 4) is 6.07 Å². The number of nitrogens with zero attached hydrogens (tertiary/aromatic N) is 2. The summed E-state index contributed by atoms with van der Waals surface area (Å²) in [5, 5.41) is 8.94. The first-order valence-corrected chi connectivity index (χ1v) is 9.94. The Morgan fingerprint density at radius 2 is 1.85 bits per heavy atom. The molecule has 1 N–H and O–H groups in total. The van der Waals surface area contributed by atoms with E-state index in [0.29, 0.717) is 43.6 Å². The zero-order valence-electron chi connectivity index (χ0n) is 14.2. The highest BCUT2D eigenvalue weighted by atomic mass is 32.2. The topological polar surface area (TPSA) is 73.2 Å². The first kappa shape index (κ1) is 18.5. The van der Waals surface area contributed by atoms with Crippen molar-refractivity contribution in [3.05, 3.63) is 65.5 Å². The molecule has 0 aromatic heterocycles. The van der Waals surface area contributed by atoms with Crippen LogP contribution in [0, 0.1) is 17.1 Å². The zero-order chi connectivity index (χ0) is 18.6. The average molecular weight is 373 g/mol. The van der Waals surface area contributed by atoms with E-state index in [4.69, 9.17) is 5.26 Å². The van der Waals surface area contributed by atoms with E-state index in [0.717, 1.165) is 0 Å². The minimum Gasteiger partial charge on any atom is -0.299 e. The predicted molar refractivity (Wildman–Crippen MR) is 96.2 cm³/mol. The van der Waals surface area contributed by atoms with Crippen LogP contribution in [0.1, 0.15) is 24.0 Å². The Kier molecular flexibility index (Phi) is 5.67. The molecule has 26 heavy (non-hydrogen) atoms. The fourth-order valence-electron chi connectivity index (χ4n) is 3.10. The molecule has 2 aromatic rings. The van der Waals surface area contributed by atoms with Gasteiger partial charge in [0.05, 0.1) is 16.5 Å². The van der Waals surface area contributed by atoms with Gasteiger partial charge in [-0.1, -0.05) is 18.2 Å². The van der Waals surface area contributed by atoms with Gasteiger partial charge in [-0.05, 0) is 43.2 Å². The molecule has 1 aliphatic rings. The number of sulfonamides is 1. The number of benzene rings is 2. The molecule has 1 heterocycles. The van der Waals surface area contributed by atoms with Crippen LogP contribution >= 0.6 is 0 Å². The van der Waals surface area contributed by atoms with Crippen LogP contribution in [-0.2, 0) is 16.6 Å². The highest BCUT2D eigenvalue weighted by Crippen LogP contribution is 2.18. The molecule has 0 aliphatic carbocycles. The fourth-order valence-corrected chi connectivity index (χ4v) is 4.43. The Balaban J connectivity index is 1.57. The molecule has 2 aromatic carbocycles. The maximum absolute atomic E-state index is 13.9. The minimum absolute atomic E-state index is 0.133. The summed E-state index contributed by atoms with van der Waals surface area (Å²) in [6.45, 7) is 1.75. The van der Waals surface area contributed by atoms with Crippen LogP contribution < -0.4 is 4.72 Å². The summed E-state index contributed by atoms with van der Waals surface area (Å²) in [7, 11) is -3.52. The summed E-state index contributed by atoms with van der Waals surface area (Å²) in [4.78, 5) is 2.34. The number of piperidine rings is 1. The third kappa shape index (κ3) is 4.47. The smallest absolute Gasteiger partial charge is 0.240 e. The largest absolute Gasteiger partial charge is 0.299 e. The van der Waals surface area contributed by atoms with Gasteiger partial charge in [0.15, 0.2) is 0 Å². The van der Waals surface area contributed by atoms with Gasteiger partial charge in [-0.15, -0.1) is 0 Å². The zero-order valence-corrected chi connectivity index (χ0v) is 15.0. The van der Waals surface area contributed by atoms with E-state index >= 15 is 0 Å². The summed E-state index contributed by atoms with van der Waals surface area (Å²) >= 11 is 0. The van der Waals surface area contributed by atoms with Gasteiger partial charge in [0.2, 0.25) is 10.0 Å². The second-order valence-electron chi connectivity index (χ2n) is 6.40. The van der Waals surface area contributed by atoms with Crippen LogP contribution in [0.2, 0.25) is 0 Å². The lowest BCUT2D eigenvalue weighted by Crippen LogP contribution is -2.44. The van der Waals surface area contributed by atoms with Crippen LogP contribution in [0.5, 0.6) is 0 Å². The third-order valence-corrected chi connectivity index (χ3v) is 6.07. The molecule has 0 spiro atoms. The lowest BCUT2D eigenvalue weighted by molar-refractivity contribution is 0.198. The molecule has 3 rings (SSSR count). The SMILES string of the molecule is N#Cc1ccc(F)c(CN2CCC(NS(=O)(=O)c3ccccc3)CC2)c1. The van der Waals surface area contributed by atoms with Crippen LogP contribution in [0.4, 0.5) is 4.39 Å². The molecule has 0 radical (unpaired) electrons. The maximum Gasteiger partial charge on any atom is 0.240 e. The summed E-state index contributed by atoms with van der Waals surface area (Å²) in [5.41, 5.74) is 0.930. The number of hydrogen-bond donors (Lipinski definition) is 1. The Labute approximate surface area is 153 Å². The Morgan fingerprint density at radius 1 is 1.15 bits per heavy atom. The van der Waals surface area contributed by atoms with Gasteiger partial charge in [-0.3, -0.25) is 4.90 Å². The standard InChI is InChI=1S/C19H20FN3O2S/c20-19-7-6-15(13-21)12-16(19)14-23-10-8-17(9-11-23)22-26(24,25)18-4-2-1-3-5-18/h1-7,12,17,22H,8-11,14H2. The van der Waals surface area contributed by atoms with Crippen molar-refractivity contribution < 1.29 is 12.8 Å². The normalized spacial score (nSPS) is 16.3. The number of nitrogens with one attached hydrogen (secondary N) is 1. The molecule has 0 atom stereocenters. The Morgan fingerprint density at radius 3 is 2.50 bits per heavy atom. The number of rotatable bonds is 5. The van der Waals surface area contributed by atoms with Crippen molar-refractivity contribution in [1.29, 1.82) is 5.26 Å². The highest BCUT2D eigenvalue weighted by Gasteiger charge is 2.25. The van der Waals surface area contributed by atoms with Crippen molar-refractivity contribution in [2.24, 2.45) is 0 Å². The molecule has 136 valence electrons. The van der Waals surface area contributed by atoms with Gasteiger partial charge >= 0.3 is 0 Å². The van der Waals surface area contributed by atoms with Gasteiger partial charge in [0.1, 0.15) is 5.82 Å². The molecule has 0 unspecified atom stereocenters. The molecular formula is C19H20FN3O2S. The second kappa shape index (κ2) is 7.96. The third-order valence-electron chi connectivity index (χ3n) is 4.53. The summed E-state index contributed by atoms with van der Waals surface area (Å²) < 4.78 is 41.4. The molecule has 0 bridgehead atoms. The van der Waals surface area contributed by atoms with Crippen molar-refractivity contribution in [2.75, 3.05) is 13.1 Å². The molecule has 1 saturated heterocycles. The number of hydrogen-bond acceptors (Lipinski definition) is 4. The van der Waals surface area contributed by atoms with E-state index < -0.39 is 10.0 Å². The van der Waals surface area contributed by atoms with Crippen LogP contribution in [0.15, 0.2) is 53.4 Å². The average Bonchev–Trinajstić information content (AvgIpc) is 2.65. The maximum atomic E-state index is 13.9. The first-order chi connectivity index (χ1) is 12.5. The molecule has 5 nitrogen and oxygen atoms in total. The monoisotopic (exact) mass is 373 g/mol. The van der Waals surface area contributed by atoms with Gasteiger partial charge in [0.25, 0.3) is 0 Å². The van der Waals surface area contributed by atoms with E-state index in [1.54, 1.807) is 36.4 Å². The summed E-state index contributed by atoms with van der Waals surface area (Å²) in [5.74, 6) is -0.323. The van der Waals surface area contributed by atoms with Crippen molar-refractivity contribution >= 4 is 10.0 Å². The molecular weight excluding hydrogens is 353 g/mol. The highest BCUT2D eigenvalue weighted by molar-refractivity contribution is 7.89. The van der Waals surface area contributed by atoms with Gasteiger partial charge in [-0.2, -0.15) is 5.26 Å². The number of likely N-dealkylation sites (tertiary alicyclic amines) is 1. The fraction of sp³-hybridized carbons (Fsp3) is 0.316. The lowest BCUT2D eigenvalue weighted by Gasteiger charge is -2.32. The lowest BCUT2D eigenvalue weighted by atomic mass is 10.0. The van der Waals surface area contributed by atoms with Crippen molar-refractivity contribution in [1.82, 2.24) is 9.62 Å². The van der Waals surface area contributed by atoms with Gasteiger partial charge in [-0.25, -0.2) is 17.5 Å². The van der Waals surface area contributed by atoms with E-state index in [1.165, 1.54) is 12.1 Å². The summed E-state index contributed by atoms with van der Waals surface area (Å²) in [6, 6.07) is 14.5. The molecule has 1 fully saturated rings. The first-order valence-electron chi connectivity index (χ1n) is 8.46. The van der Waals surface area contributed by atoms with Gasteiger partial charge < -0.3 is 0 Å².